The Balaban J connectivity index is 0.000000164. The molecule has 2 heterocycles. The van der Waals surface area contributed by atoms with Crippen LogP contribution in [0.15, 0.2) is 64.6 Å². The summed E-state index contributed by atoms with van der Waals surface area (Å²) in [5, 5.41) is 0. The van der Waals surface area contributed by atoms with Crippen molar-refractivity contribution in [3.05, 3.63) is 88.0 Å². The minimum atomic E-state index is -0.532. The summed E-state index contributed by atoms with van der Waals surface area (Å²) in [5.74, 6) is 8.25. The maximum atomic E-state index is 10.8. The Morgan fingerprint density at radius 3 is 1.14 bits per heavy atom. The third-order valence-electron chi connectivity index (χ3n) is 19.9. The van der Waals surface area contributed by atoms with Crippen molar-refractivity contribution in [1.82, 2.24) is 18.7 Å². The van der Waals surface area contributed by atoms with Gasteiger partial charge in [0.15, 0.2) is 0 Å². The molecule has 468 valence electrons. The Morgan fingerprint density at radius 1 is 0.452 bits per heavy atom. The average Bonchev–Trinajstić information content (AvgIpc) is 2.64. The Hall–Kier alpha value is -2.54. The Morgan fingerprint density at radius 2 is 0.821 bits per heavy atom. The number of nitrogens with two attached hydrogens (primary N) is 1. The van der Waals surface area contributed by atoms with E-state index < -0.39 is 7.58 Å². The number of Topliss-reactive ketones (excluding diaryl/α,β-unsaturated/α-hetero) is 1. The molecule has 7 atom stereocenters. The first-order valence-electron chi connectivity index (χ1n) is 33.8. The largest absolute Gasteiger partial charge is 0.398 e. The lowest BCUT2D eigenvalue weighted by molar-refractivity contribution is -0.121. The number of nitrogen functional groups attached to an aromatic ring is 1. The summed E-state index contributed by atoms with van der Waals surface area (Å²) in [6, 6.07) is 22.3. The van der Waals surface area contributed by atoms with Crippen LogP contribution in [0.4, 0.5) is 17.1 Å². The van der Waals surface area contributed by atoms with Crippen molar-refractivity contribution in [3.63, 3.8) is 0 Å². The monoisotopic (exact) mass is 1210 g/mol. The van der Waals surface area contributed by atoms with Crippen LogP contribution in [0, 0.1) is 35.5 Å². The smallest absolute Gasteiger partial charge is 0.140 e. The number of rotatable bonds is 13. The number of hydrogen-bond donors (Lipinski definition) is 1. The molecule has 7 unspecified atom stereocenters. The minimum absolute atomic E-state index is 0.316. The summed E-state index contributed by atoms with van der Waals surface area (Å²) in [6.45, 7) is 50.3. The molecule has 2 N–H and O–H groups in total. The maximum Gasteiger partial charge on any atom is 0.140 e. The topological polar surface area (TPSA) is 80.8 Å². The second-order valence-electron chi connectivity index (χ2n) is 29.4. The molecule has 0 aromatic heterocycles. The molecule has 8 nitrogen and oxygen atoms in total. The van der Waals surface area contributed by atoms with Gasteiger partial charge in [0.25, 0.3) is 0 Å². The second kappa shape index (κ2) is 30.8. The van der Waals surface area contributed by atoms with Crippen LogP contribution in [0.5, 0.6) is 0 Å². The lowest BCUT2D eigenvalue weighted by Gasteiger charge is -2.42. The standard InChI is InChI=1S/C27H44N3P.C19H27N.C12H19N.C8H18ClN2P.C7H10O/c1-17(2)23-10-9-11-24(18(3)4)26(23)28-25-21-12-13-22(16-21)27(25)31-29(19(5)6)14-15-30(31)20(7)8;1-12(2)16-6-5-7-17(13(3)4)19(16)20-18-11-14-8-9-15(18)10-14;1-8(2)10-6-5-7-11(9(3)4)12(10)13;1-7(2)10-5-6-11(8(3)4)12(10)9;8-7-4-5-1-2-6(7)3-5/h9-11,17-22,27H,12-16H2,1-8H3;5-7,12-15H,8-11H2,1-4H3;5-9H,13H2,1-4H3;7-8H,5-6H2,1-4H3;5-6H,1-4H2. The number of carbonyl (C=O) groups is 1. The number of fused-ring (bicyclic) bond motifs is 6. The van der Waals surface area contributed by atoms with Crippen molar-refractivity contribution < 1.29 is 4.79 Å². The van der Waals surface area contributed by atoms with E-state index in [1.165, 1.54) is 128 Å². The summed E-state index contributed by atoms with van der Waals surface area (Å²) >= 11 is 6.35. The van der Waals surface area contributed by atoms with Gasteiger partial charge in [-0.3, -0.25) is 33.5 Å². The van der Waals surface area contributed by atoms with Crippen LogP contribution in [-0.2, 0) is 4.79 Å². The average molecular weight is 1210 g/mol. The molecule has 2 aliphatic heterocycles. The lowest BCUT2D eigenvalue weighted by Crippen LogP contribution is -2.37. The van der Waals surface area contributed by atoms with Crippen molar-refractivity contribution in [2.75, 3.05) is 31.9 Å². The van der Waals surface area contributed by atoms with Crippen molar-refractivity contribution in [1.29, 1.82) is 0 Å². The first-order chi connectivity index (χ1) is 39.7. The molecule has 3 aromatic rings. The number of aliphatic imine (C=N–C) groups is 2. The number of anilines is 1. The number of para-hydroxylation sites is 3. The molecule has 0 amide bonds. The Bertz CT molecular complexity index is 2560. The SMILES string of the molecule is CC(C)N1CCN(C(C)C)P1Cl.CC(C)c1cccc(C(C)C)c1N.CC(C)c1cccc(C(C)C)c1N=C1C2CCC(C2)C1P1N(C(C)C)CCN1C(C)C.CC(C)c1cccc(C(C)C)c1N=C1CC2CCC1C2.O=C1CC2CCC1C2. The summed E-state index contributed by atoms with van der Waals surface area (Å²) in [4.78, 5) is 21.7. The quantitative estimate of drug-likeness (QED) is 0.136. The van der Waals surface area contributed by atoms with Crippen molar-refractivity contribution >= 4 is 61.3 Å². The van der Waals surface area contributed by atoms with Crippen LogP contribution in [-0.4, -0.2) is 91.9 Å². The predicted molar refractivity (Wildman–Crippen MR) is 370 cm³/mol. The Labute approximate surface area is 521 Å². The lowest BCUT2D eigenvalue weighted by atomic mass is 9.92. The molecular weight excluding hydrogens is 1090 g/mol. The van der Waals surface area contributed by atoms with Crippen LogP contribution in [0.3, 0.4) is 0 Å². The normalized spacial score (nSPS) is 26.5. The van der Waals surface area contributed by atoms with E-state index in [-0.39, 0.29) is 8.22 Å². The second-order valence-corrected chi connectivity index (χ2v) is 34.1. The van der Waals surface area contributed by atoms with E-state index >= 15 is 0 Å². The van der Waals surface area contributed by atoms with Gasteiger partial charge in [-0.05, 0) is 218 Å². The van der Waals surface area contributed by atoms with E-state index in [0.717, 1.165) is 48.9 Å². The zero-order chi connectivity index (χ0) is 61.6. The van der Waals surface area contributed by atoms with Crippen molar-refractivity contribution in [2.45, 2.75) is 274 Å². The minimum Gasteiger partial charge on any atom is -0.398 e. The Kier molecular flexibility index (Phi) is 25.3. The van der Waals surface area contributed by atoms with Crippen LogP contribution in [0.25, 0.3) is 0 Å². The number of ketones is 1. The highest BCUT2D eigenvalue weighted by Crippen LogP contribution is 2.64. The van der Waals surface area contributed by atoms with Gasteiger partial charge in [0.05, 0.1) is 11.4 Å². The van der Waals surface area contributed by atoms with E-state index in [0.29, 0.717) is 83.0 Å². The fourth-order valence-electron chi connectivity index (χ4n) is 15.1. The van der Waals surface area contributed by atoms with E-state index in [4.69, 9.17) is 27.0 Å². The summed E-state index contributed by atoms with van der Waals surface area (Å²) in [6.07, 6.45) is 14.3. The number of benzene rings is 3. The highest BCUT2D eigenvalue weighted by Gasteiger charge is 2.54. The third-order valence-corrected chi connectivity index (χ3v) is 26.8. The van der Waals surface area contributed by atoms with Crippen LogP contribution >= 0.6 is 27.0 Å². The van der Waals surface area contributed by atoms with Gasteiger partial charge in [-0.15, -0.1) is 0 Å². The van der Waals surface area contributed by atoms with Gasteiger partial charge in [0.1, 0.15) is 13.4 Å². The van der Waals surface area contributed by atoms with E-state index in [9.17, 15) is 4.79 Å². The molecule has 8 fully saturated rings. The van der Waals surface area contributed by atoms with E-state index in [2.05, 4.69) is 212 Å². The van der Waals surface area contributed by atoms with Crippen molar-refractivity contribution in [2.24, 2.45) is 45.5 Å². The van der Waals surface area contributed by atoms with Crippen LogP contribution < -0.4 is 5.73 Å². The number of nitrogens with zero attached hydrogens (tertiary/aromatic N) is 6. The fraction of sp³-hybridized carbons (Fsp3) is 0.712. The first kappa shape index (κ1) is 68.9. The maximum absolute atomic E-state index is 10.8. The highest BCUT2D eigenvalue weighted by atomic mass is 35.7. The molecular formula is C73H118ClN7OP2. The molecule has 6 bridgehead atoms. The summed E-state index contributed by atoms with van der Waals surface area (Å²) in [5.41, 5.74) is 21.6. The molecule has 0 spiro atoms. The molecule has 2 saturated heterocycles. The summed E-state index contributed by atoms with van der Waals surface area (Å²) < 4.78 is 10.5. The zero-order valence-electron chi connectivity index (χ0n) is 56.6. The van der Waals surface area contributed by atoms with Gasteiger partial charge in [0, 0.05) is 93.7 Å². The first-order valence-corrected chi connectivity index (χ1v) is 37.3. The summed E-state index contributed by atoms with van der Waals surface area (Å²) in [7, 11) is -0.848. The van der Waals surface area contributed by atoms with Gasteiger partial charge in [-0.2, -0.15) is 0 Å². The molecule has 6 aliphatic carbocycles. The highest BCUT2D eigenvalue weighted by molar-refractivity contribution is 7.80. The van der Waals surface area contributed by atoms with E-state index in [1.807, 2.05) is 0 Å². The van der Waals surface area contributed by atoms with E-state index in [1.54, 1.807) is 5.71 Å². The zero-order valence-corrected chi connectivity index (χ0v) is 59.1. The molecule has 84 heavy (non-hydrogen) atoms. The molecule has 8 aliphatic rings. The van der Waals surface area contributed by atoms with Gasteiger partial charge in [-0.25, -0.2) is 0 Å². The number of carbonyl (C=O) groups excluding carboxylic acids is 1. The predicted octanol–water partition coefficient (Wildman–Crippen LogP) is 21.2. The third kappa shape index (κ3) is 16.4. The number of hydrogen-bond acceptors (Lipinski definition) is 8. The van der Waals surface area contributed by atoms with Crippen LogP contribution in [0.2, 0.25) is 0 Å². The molecule has 11 rings (SSSR count). The van der Waals surface area contributed by atoms with Gasteiger partial charge >= 0.3 is 0 Å². The molecule has 11 heteroatoms. The van der Waals surface area contributed by atoms with Crippen LogP contribution in [0.1, 0.15) is 278 Å². The molecule has 3 aromatic carbocycles. The van der Waals surface area contributed by atoms with Gasteiger partial charge in [-0.1, -0.05) is 149 Å². The fourth-order valence-corrected chi connectivity index (χ4v) is 21.8. The molecule has 0 radical (unpaired) electrons. The molecule has 6 saturated carbocycles. The van der Waals surface area contributed by atoms with Gasteiger partial charge < -0.3 is 5.73 Å². The van der Waals surface area contributed by atoms with Crippen molar-refractivity contribution in [3.8, 4) is 0 Å². The van der Waals surface area contributed by atoms with Gasteiger partial charge in [0.2, 0.25) is 0 Å². The number of halogens is 1.